The number of carbonyl (C=O) groups excluding carboxylic acids is 2. The molecule has 0 bridgehead atoms. The van der Waals surface area contributed by atoms with Crippen molar-refractivity contribution in [2.75, 3.05) is 0 Å². The van der Waals surface area contributed by atoms with Crippen LogP contribution < -0.4 is 11.1 Å². The molecule has 0 radical (unpaired) electrons. The molecule has 1 aliphatic carbocycles. The van der Waals surface area contributed by atoms with Crippen LogP contribution in [-0.2, 0) is 9.59 Å². The molecule has 1 saturated carbocycles. The number of hydrogen-bond donors (Lipinski definition) is 2. The Hall–Kier alpha value is -1.06. The summed E-state index contributed by atoms with van der Waals surface area (Å²) >= 11 is 0. The molecule has 2 amide bonds. The molecule has 1 fully saturated rings. The van der Waals surface area contributed by atoms with E-state index in [2.05, 4.69) is 26.1 Å². The number of amides is 2. The zero-order valence-electron chi connectivity index (χ0n) is 14.5. The smallest absolute Gasteiger partial charge is 0.224 e. The normalized spacial score (nSPS) is 20.1. The predicted molar refractivity (Wildman–Crippen MR) is 85.6 cm³/mol. The largest absolute Gasteiger partial charge is 0.369 e. The van der Waals surface area contributed by atoms with Gasteiger partial charge in [-0.2, -0.15) is 0 Å². The number of carbonyl (C=O) groups is 2. The van der Waals surface area contributed by atoms with E-state index >= 15 is 0 Å². The van der Waals surface area contributed by atoms with Crippen molar-refractivity contribution in [3.05, 3.63) is 0 Å². The van der Waals surface area contributed by atoms with E-state index in [-0.39, 0.29) is 28.7 Å². The van der Waals surface area contributed by atoms with Gasteiger partial charge in [0.25, 0.3) is 0 Å². The third kappa shape index (κ3) is 4.72. The first-order valence-corrected chi connectivity index (χ1v) is 7.99. The third-order valence-electron chi connectivity index (χ3n) is 4.28. The van der Waals surface area contributed by atoms with E-state index in [0.717, 1.165) is 25.7 Å². The monoisotopic (exact) mass is 296 g/mol. The van der Waals surface area contributed by atoms with Crippen LogP contribution in [0.2, 0.25) is 0 Å². The average Bonchev–Trinajstić information content (AvgIpc) is 2.72. The van der Waals surface area contributed by atoms with E-state index in [1.807, 2.05) is 20.8 Å². The van der Waals surface area contributed by atoms with E-state index in [1.165, 1.54) is 0 Å². The van der Waals surface area contributed by atoms with Crippen LogP contribution >= 0.6 is 0 Å². The first-order chi connectivity index (χ1) is 9.37. The summed E-state index contributed by atoms with van der Waals surface area (Å²) in [6.45, 7) is 12.2. The minimum absolute atomic E-state index is 0.0229. The highest BCUT2D eigenvalue weighted by Crippen LogP contribution is 2.48. The summed E-state index contributed by atoms with van der Waals surface area (Å²) in [5.74, 6) is -0.673. The fourth-order valence-electron chi connectivity index (χ4n) is 3.38. The summed E-state index contributed by atoms with van der Waals surface area (Å²) in [6, 6.07) is 0. The quantitative estimate of drug-likeness (QED) is 0.837. The van der Waals surface area contributed by atoms with Gasteiger partial charge in [-0.1, -0.05) is 33.6 Å². The molecule has 1 atom stereocenters. The van der Waals surface area contributed by atoms with Gasteiger partial charge in [-0.15, -0.1) is 0 Å². The van der Waals surface area contributed by atoms with Gasteiger partial charge < -0.3 is 11.1 Å². The van der Waals surface area contributed by atoms with Crippen molar-refractivity contribution in [2.45, 2.75) is 79.2 Å². The van der Waals surface area contributed by atoms with Gasteiger partial charge in [0.15, 0.2) is 0 Å². The second-order valence-electron chi connectivity index (χ2n) is 8.78. The molecule has 3 N–H and O–H groups in total. The van der Waals surface area contributed by atoms with Crippen LogP contribution in [0, 0.1) is 16.7 Å². The zero-order valence-corrected chi connectivity index (χ0v) is 14.5. The van der Waals surface area contributed by atoms with Crippen LogP contribution in [0.3, 0.4) is 0 Å². The number of nitrogens with one attached hydrogen (secondary N) is 1. The van der Waals surface area contributed by atoms with Crippen molar-refractivity contribution >= 4 is 11.8 Å². The molecular formula is C17H32N2O2. The molecule has 0 unspecified atom stereocenters. The van der Waals surface area contributed by atoms with Crippen molar-refractivity contribution in [1.82, 2.24) is 5.32 Å². The fraction of sp³-hybridized carbons (Fsp3) is 0.882. The Labute approximate surface area is 129 Å². The van der Waals surface area contributed by atoms with E-state index in [1.54, 1.807) is 0 Å². The van der Waals surface area contributed by atoms with Crippen LogP contribution in [0.25, 0.3) is 0 Å². The summed E-state index contributed by atoms with van der Waals surface area (Å²) in [5.41, 5.74) is 4.75. The molecule has 0 spiro atoms. The lowest BCUT2D eigenvalue weighted by molar-refractivity contribution is -0.142. The molecule has 0 aromatic rings. The highest BCUT2D eigenvalue weighted by Gasteiger charge is 2.50. The van der Waals surface area contributed by atoms with E-state index in [0.29, 0.717) is 6.42 Å². The lowest BCUT2D eigenvalue weighted by atomic mass is 9.66. The predicted octanol–water partition coefficient (Wildman–Crippen LogP) is 3.00. The molecule has 0 heterocycles. The van der Waals surface area contributed by atoms with Crippen LogP contribution in [-0.4, -0.2) is 17.4 Å². The number of hydrogen-bond acceptors (Lipinski definition) is 2. The molecule has 4 nitrogen and oxygen atoms in total. The average molecular weight is 296 g/mol. The van der Waals surface area contributed by atoms with Crippen molar-refractivity contribution < 1.29 is 9.59 Å². The first-order valence-electron chi connectivity index (χ1n) is 7.99. The second kappa shape index (κ2) is 5.98. The molecule has 21 heavy (non-hydrogen) atoms. The number of nitrogens with two attached hydrogens (primary N) is 1. The van der Waals surface area contributed by atoms with Crippen LogP contribution in [0.15, 0.2) is 0 Å². The van der Waals surface area contributed by atoms with Crippen LogP contribution in [0.1, 0.15) is 73.6 Å². The number of rotatable bonds is 4. The van der Waals surface area contributed by atoms with E-state index < -0.39 is 5.41 Å². The molecule has 122 valence electrons. The molecule has 1 rings (SSSR count). The summed E-state index contributed by atoms with van der Waals surface area (Å²) in [4.78, 5) is 25.0. The minimum atomic E-state index is -0.664. The van der Waals surface area contributed by atoms with Crippen molar-refractivity contribution in [1.29, 1.82) is 0 Å². The lowest BCUT2D eigenvalue weighted by Crippen LogP contribution is -2.53. The van der Waals surface area contributed by atoms with Gasteiger partial charge in [0.1, 0.15) is 0 Å². The van der Waals surface area contributed by atoms with Crippen molar-refractivity contribution in [2.24, 2.45) is 22.5 Å². The van der Waals surface area contributed by atoms with Crippen molar-refractivity contribution in [3.8, 4) is 0 Å². The van der Waals surface area contributed by atoms with Gasteiger partial charge in [-0.25, -0.2) is 0 Å². The lowest BCUT2D eigenvalue weighted by Gasteiger charge is -2.39. The van der Waals surface area contributed by atoms with E-state index in [9.17, 15) is 9.59 Å². The topological polar surface area (TPSA) is 72.2 Å². The summed E-state index contributed by atoms with van der Waals surface area (Å²) < 4.78 is 0. The highest BCUT2D eigenvalue weighted by molar-refractivity contribution is 5.90. The molecular weight excluding hydrogens is 264 g/mol. The maximum atomic E-state index is 12.8. The fourth-order valence-corrected chi connectivity index (χ4v) is 3.38. The Morgan fingerprint density at radius 1 is 1.10 bits per heavy atom. The van der Waals surface area contributed by atoms with Gasteiger partial charge in [-0.3, -0.25) is 9.59 Å². The third-order valence-corrected chi connectivity index (χ3v) is 4.28. The maximum absolute atomic E-state index is 12.8. The van der Waals surface area contributed by atoms with E-state index in [4.69, 9.17) is 5.73 Å². The van der Waals surface area contributed by atoms with Gasteiger partial charge >= 0.3 is 0 Å². The number of primary amides is 1. The summed E-state index contributed by atoms with van der Waals surface area (Å²) in [6.07, 6.45) is 4.11. The Kier molecular flexibility index (Phi) is 5.12. The molecule has 1 aliphatic rings. The molecule has 0 aliphatic heterocycles. The standard InChI is InChI=1S/C17H32N2O2/c1-15(2,3)11-12(13(20)19-16(4,5)6)17(14(18)21)9-7-8-10-17/h12H,7-11H2,1-6H3,(H2,18,21)(H,19,20)/t12-/m0/s1. The Morgan fingerprint density at radius 3 is 1.90 bits per heavy atom. The van der Waals surface area contributed by atoms with Gasteiger partial charge in [0, 0.05) is 5.54 Å². The molecule has 0 aromatic carbocycles. The second-order valence-corrected chi connectivity index (χ2v) is 8.78. The minimum Gasteiger partial charge on any atom is -0.369 e. The Morgan fingerprint density at radius 2 is 1.57 bits per heavy atom. The summed E-state index contributed by atoms with van der Waals surface area (Å²) in [7, 11) is 0. The van der Waals surface area contributed by atoms with Gasteiger partial charge in [0.2, 0.25) is 11.8 Å². The van der Waals surface area contributed by atoms with Crippen molar-refractivity contribution in [3.63, 3.8) is 0 Å². The first kappa shape index (κ1) is 18.0. The zero-order chi connectivity index (χ0) is 16.5. The maximum Gasteiger partial charge on any atom is 0.224 e. The molecule has 0 aromatic heterocycles. The molecule has 0 saturated heterocycles. The molecule has 4 heteroatoms. The van der Waals surface area contributed by atoms with Crippen LogP contribution in [0.4, 0.5) is 0 Å². The van der Waals surface area contributed by atoms with Crippen LogP contribution in [0.5, 0.6) is 0 Å². The summed E-state index contributed by atoms with van der Waals surface area (Å²) in [5, 5.41) is 3.05. The Bertz CT molecular complexity index is 396. The van der Waals surface area contributed by atoms with Gasteiger partial charge in [0.05, 0.1) is 11.3 Å². The van der Waals surface area contributed by atoms with Gasteiger partial charge in [-0.05, 0) is 45.4 Å². The Balaban J connectivity index is 3.12. The highest BCUT2D eigenvalue weighted by atomic mass is 16.2. The SMILES string of the molecule is CC(C)(C)C[C@@H](C(=O)NC(C)(C)C)C1(C(N)=O)CCCC1.